The number of para-hydroxylation sites is 1. The largest absolute Gasteiger partial charge is 0.489 e. The van der Waals surface area contributed by atoms with Crippen LogP contribution in [0.2, 0.25) is 0 Å². The number of methoxy groups -OCH3 is 1. The van der Waals surface area contributed by atoms with Gasteiger partial charge in [-0.1, -0.05) is 12.1 Å². The number of hydrogen-bond donors (Lipinski definition) is 1. The Morgan fingerprint density at radius 3 is 2.74 bits per heavy atom. The number of aryl methyl sites for hydroxylation is 1. The van der Waals surface area contributed by atoms with E-state index in [1.807, 2.05) is 30.5 Å². The Kier molecular flexibility index (Phi) is 8.00. The van der Waals surface area contributed by atoms with E-state index in [2.05, 4.69) is 20.5 Å². The Morgan fingerprint density at radius 2 is 2.07 bits per heavy atom. The summed E-state index contributed by atoms with van der Waals surface area (Å²) in [4.78, 5) is 6.52. The molecule has 0 unspecified atom stereocenters. The molecule has 0 fully saturated rings. The van der Waals surface area contributed by atoms with Crippen LogP contribution in [0.3, 0.4) is 0 Å². The van der Waals surface area contributed by atoms with Gasteiger partial charge in [0.25, 0.3) is 0 Å². The first-order valence-electron chi connectivity index (χ1n) is 8.73. The van der Waals surface area contributed by atoms with Gasteiger partial charge in [0.1, 0.15) is 19.0 Å². The molecular weight excluding hydrogens is 351 g/mol. The first-order chi connectivity index (χ1) is 13.0. The van der Waals surface area contributed by atoms with Gasteiger partial charge in [0.05, 0.1) is 13.2 Å². The fourth-order valence-corrected chi connectivity index (χ4v) is 2.27. The number of nitrogens with one attached hydrogen (secondary N) is 1. The highest BCUT2D eigenvalue weighted by molar-refractivity contribution is 5.79. The predicted octanol–water partition coefficient (Wildman–Crippen LogP) is 1.37. The van der Waals surface area contributed by atoms with Gasteiger partial charge in [-0.3, -0.25) is 0 Å². The molecule has 148 valence electrons. The van der Waals surface area contributed by atoms with Crippen LogP contribution in [0.25, 0.3) is 0 Å². The van der Waals surface area contributed by atoms with Gasteiger partial charge >= 0.3 is 0 Å². The number of aliphatic imine (C=N–C) groups is 1. The molecule has 0 atom stereocenters. The average Bonchev–Trinajstić information content (AvgIpc) is 2.98. The molecule has 2 aromatic rings. The van der Waals surface area contributed by atoms with E-state index in [-0.39, 0.29) is 11.6 Å². The number of hydrogen-bond acceptors (Lipinski definition) is 5. The van der Waals surface area contributed by atoms with E-state index in [0.717, 1.165) is 11.6 Å². The van der Waals surface area contributed by atoms with E-state index in [4.69, 9.17) is 9.47 Å². The number of likely N-dealkylation sites (N-methyl/N-ethyl adjacent to an activating group) is 1. The number of ether oxygens (including phenoxy) is 2. The summed E-state index contributed by atoms with van der Waals surface area (Å²) in [7, 11) is 5.45. The summed E-state index contributed by atoms with van der Waals surface area (Å²) in [5.41, 5.74) is 0. The van der Waals surface area contributed by atoms with Crippen molar-refractivity contribution in [1.82, 2.24) is 25.0 Å². The monoisotopic (exact) mass is 378 g/mol. The Bertz CT molecular complexity index is 749. The molecule has 9 heteroatoms. The smallest absolute Gasteiger partial charge is 0.194 e. The molecule has 0 saturated heterocycles. The molecule has 2 rings (SSSR count). The highest BCUT2D eigenvalue weighted by Gasteiger charge is 2.10. The van der Waals surface area contributed by atoms with E-state index >= 15 is 0 Å². The predicted molar refractivity (Wildman–Crippen MR) is 101 cm³/mol. The lowest BCUT2D eigenvalue weighted by Crippen LogP contribution is -2.42. The summed E-state index contributed by atoms with van der Waals surface area (Å²) < 4.78 is 26.1. The van der Waals surface area contributed by atoms with Crippen LogP contribution in [0.4, 0.5) is 4.39 Å². The summed E-state index contributed by atoms with van der Waals surface area (Å²) in [6, 6.07) is 6.36. The number of halogens is 1. The molecule has 0 aliphatic rings. The van der Waals surface area contributed by atoms with Crippen molar-refractivity contribution in [3.8, 4) is 5.75 Å². The van der Waals surface area contributed by atoms with Crippen LogP contribution in [0, 0.1) is 12.7 Å². The summed E-state index contributed by atoms with van der Waals surface area (Å²) in [6.07, 6.45) is 0. The van der Waals surface area contributed by atoms with E-state index < -0.39 is 0 Å². The van der Waals surface area contributed by atoms with Gasteiger partial charge in [-0.2, -0.15) is 0 Å². The SMILES string of the molecule is COCCNC(=NCc1nnc(C)n1C)N(C)CCOc1ccccc1F. The molecule has 0 bridgehead atoms. The van der Waals surface area contributed by atoms with Crippen molar-refractivity contribution in [2.45, 2.75) is 13.5 Å². The maximum absolute atomic E-state index is 13.6. The second kappa shape index (κ2) is 10.5. The number of benzene rings is 1. The van der Waals surface area contributed by atoms with Crippen molar-refractivity contribution in [3.63, 3.8) is 0 Å². The first kappa shape index (κ1) is 20.6. The van der Waals surface area contributed by atoms with Crippen molar-refractivity contribution < 1.29 is 13.9 Å². The third kappa shape index (κ3) is 6.21. The molecule has 0 spiro atoms. The Morgan fingerprint density at radius 1 is 1.30 bits per heavy atom. The maximum atomic E-state index is 13.6. The van der Waals surface area contributed by atoms with E-state index in [9.17, 15) is 4.39 Å². The maximum Gasteiger partial charge on any atom is 0.194 e. The zero-order chi connectivity index (χ0) is 19.6. The van der Waals surface area contributed by atoms with Crippen LogP contribution >= 0.6 is 0 Å². The molecule has 1 N–H and O–H groups in total. The van der Waals surface area contributed by atoms with Gasteiger partial charge in [-0.15, -0.1) is 10.2 Å². The molecule has 0 aliphatic heterocycles. The zero-order valence-electron chi connectivity index (χ0n) is 16.3. The highest BCUT2D eigenvalue weighted by Crippen LogP contribution is 2.15. The molecule has 27 heavy (non-hydrogen) atoms. The minimum atomic E-state index is -0.370. The van der Waals surface area contributed by atoms with Crippen molar-refractivity contribution in [2.75, 3.05) is 40.5 Å². The van der Waals surface area contributed by atoms with Gasteiger partial charge in [0.15, 0.2) is 23.4 Å². The van der Waals surface area contributed by atoms with Gasteiger partial charge in [-0.05, 0) is 19.1 Å². The van der Waals surface area contributed by atoms with Crippen molar-refractivity contribution in [1.29, 1.82) is 0 Å². The normalized spacial score (nSPS) is 11.5. The molecular formula is C18H27FN6O2. The molecule has 1 aromatic heterocycles. The van der Waals surface area contributed by atoms with Crippen LogP contribution in [0.5, 0.6) is 5.75 Å². The molecule has 0 amide bonds. The molecule has 1 aromatic carbocycles. The van der Waals surface area contributed by atoms with Crippen molar-refractivity contribution in [3.05, 3.63) is 41.7 Å². The second-order valence-electron chi connectivity index (χ2n) is 5.98. The summed E-state index contributed by atoms with van der Waals surface area (Å²) in [5, 5.41) is 11.4. The molecule has 0 aliphatic carbocycles. The summed E-state index contributed by atoms with van der Waals surface area (Å²) >= 11 is 0. The van der Waals surface area contributed by atoms with Gasteiger partial charge in [-0.25, -0.2) is 9.38 Å². The van der Waals surface area contributed by atoms with E-state index in [1.54, 1.807) is 25.3 Å². The van der Waals surface area contributed by atoms with Crippen LogP contribution < -0.4 is 10.1 Å². The number of nitrogens with zero attached hydrogens (tertiary/aromatic N) is 5. The number of rotatable bonds is 9. The first-order valence-corrected chi connectivity index (χ1v) is 8.73. The average molecular weight is 378 g/mol. The van der Waals surface area contributed by atoms with Gasteiger partial charge in [0.2, 0.25) is 0 Å². The van der Waals surface area contributed by atoms with Crippen LogP contribution in [-0.2, 0) is 18.3 Å². The zero-order valence-corrected chi connectivity index (χ0v) is 16.3. The van der Waals surface area contributed by atoms with Gasteiger partial charge < -0.3 is 24.3 Å². The topological polar surface area (TPSA) is 76.8 Å². The Hall–Kier alpha value is -2.68. The number of aromatic nitrogens is 3. The summed E-state index contributed by atoms with van der Waals surface area (Å²) in [5.74, 6) is 2.16. The minimum absolute atomic E-state index is 0.242. The van der Waals surface area contributed by atoms with Crippen LogP contribution in [0.1, 0.15) is 11.6 Å². The lowest BCUT2D eigenvalue weighted by Gasteiger charge is -2.22. The minimum Gasteiger partial charge on any atom is -0.489 e. The van der Waals surface area contributed by atoms with E-state index in [1.165, 1.54) is 6.07 Å². The third-order valence-corrected chi connectivity index (χ3v) is 4.02. The highest BCUT2D eigenvalue weighted by atomic mass is 19.1. The van der Waals surface area contributed by atoms with Crippen LogP contribution in [0.15, 0.2) is 29.3 Å². The van der Waals surface area contributed by atoms with E-state index in [0.29, 0.717) is 38.8 Å². The molecule has 8 nitrogen and oxygen atoms in total. The molecule has 0 radical (unpaired) electrons. The Balaban J connectivity index is 1.95. The molecule has 0 saturated carbocycles. The van der Waals surface area contributed by atoms with Crippen molar-refractivity contribution >= 4 is 5.96 Å². The standard InChI is InChI=1S/C18H27FN6O2/c1-14-22-23-17(25(14)3)13-21-18(20-9-11-26-4)24(2)10-12-27-16-8-6-5-7-15(16)19/h5-8H,9-13H2,1-4H3,(H,20,21). The fourth-order valence-electron chi connectivity index (χ4n) is 2.27. The quantitative estimate of drug-likeness (QED) is 0.403. The van der Waals surface area contributed by atoms with Crippen molar-refractivity contribution in [2.24, 2.45) is 12.0 Å². The summed E-state index contributed by atoms with van der Waals surface area (Å²) in [6.45, 7) is 4.32. The third-order valence-electron chi connectivity index (χ3n) is 4.02. The lowest BCUT2D eigenvalue weighted by molar-refractivity contribution is 0.202. The number of guanidine groups is 1. The lowest BCUT2D eigenvalue weighted by atomic mass is 10.3. The van der Waals surface area contributed by atoms with Gasteiger partial charge in [0, 0.05) is 27.7 Å². The van der Waals surface area contributed by atoms with Crippen LogP contribution in [-0.4, -0.2) is 66.1 Å². The fraction of sp³-hybridized carbons (Fsp3) is 0.500. The Labute approximate surface area is 159 Å². The molecule has 1 heterocycles. The second-order valence-corrected chi connectivity index (χ2v) is 5.98.